The minimum atomic E-state index is -0.871. The topological polar surface area (TPSA) is 162 Å². The molecule has 1 aromatic rings. The molecule has 3 aliphatic rings. The number of aliphatic hydroxyl groups is 1. The van der Waals surface area contributed by atoms with Crippen LogP contribution in [0.5, 0.6) is 0 Å². The number of epoxide rings is 1. The fourth-order valence-corrected chi connectivity index (χ4v) is 6.07. The molecule has 1 aromatic carbocycles. The number of halogens is 1. The van der Waals surface area contributed by atoms with Crippen LogP contribution in [-0.2, 0) is 39.9 Å². The normalized spacial score (nSPS) is 31.6. The number of anilines is 1. The van der Waals surface area contributed by atoms with Gasteiger partial charge in [0.05, 0.1) is 37.4 Å². The van der Waals surface area contributed by atoms with Crippen LogP contribution >= 0.6 is 0 Å². The number of nitrogens with two attached hydrogens (primary N) is 1. The van der Waals surface area contributed by atoms with Crippen LogP contribution in [0.2, 0.25) is 0 Å². The van der Waals surface area contributed by atoms with Crippen molar-refractivity contribution in [2.24, 2.45) is 5.92 Å². The summed E-state index contributed by atoms with van der Waals surface area (Å²) in [7, 11) is 0. The van der Waals surface area contributed by atoms with Crippen LogP contribution in [0.4, 0.5) is 10.1 Å². The zero-order chi connectivity index (χ0) is 34.3. The van der Waals surface area contributed by atoms with Gasteiger partial charge in [-0.2, -0.15) is 0 Å². The molecular weight excluding hydrogens is 609 g/mol. The summed E-state index contributed by atoms with van der Waals surface area (Å²) in [6.07, 6.45) is 7.79. The first-order valence-corrected chi connectivity index (χ1v) is 16.2. The summed E-state index contributed by atoms with van der Waals surface area (Å²) in [5.41, 5.74) is 6.47. The van der Waals surface area contributed by atoms with Crippen molar-refractivity contribution in [3.05, 3.63) is 65.5 Å². The molecule has 12 heteroatoms. The lowest BCUT2D eigenvalue weighted by Crippen LogP contribution is -2.50. The first-order valence-electron chi connectivity index (χ1n) is 16.2. The number of esters is 1. The van der Waals surface area contributed by atoms with Crippen molar-refractivity contribution in [3.63, 3.8) is 0 Å². The highest BCUT2D eigenvalue weighted by atomic mass is 19.1. The van der Waals surface area contributed by atoms with Crippen LogP contribution < -0.4 is 16.4 Å². The molecule has 9 atom stereocenters. The van der Waals surface area contributed by atoms with Gasteiger partial charge < -0.3 is 40.4 Å². The Morgan fingerprint density at radius 1 is 1.21 bits per heavy atom. The largest absolute Gasteiger partial charge is 0.459 e. The Morgan fingerprint density at radius 2 is 1.96 bits per heavy atom. The third-order valence-electron chi connectivity index (χ3n) is 8.89. The van der Waals surface area contributed by atoms with Crippen molar-refractivity contribution in [3.8, 4) is 0 Å². The predicted octanol–water partition coefficient (Wildman–Crippen LogP) is 3.40. The van der Waals surface area contributed by atoms with Gasteiger partial charge in [-0.15, -0.1) is 0 Å². The van der Waals surface area contributed by atoms with E-state index in [1.807, 2.05) is 19.9 Å². The zero-order valence-electron chi connectivity index (χ0n) is 27.7. The Bertz CT molecular complexity index is 1380. The van der Waals surface area contributed by atoms with Gasteiger partial charge in [-0.25, -0.2) is 4.39 Å². The maximum atomic E-state index is 14.1. The summed E-state index contributed by atoms with van der Waals surface area (Å²) in [6, 6.07) is 4.19. The van der Waals surface area contributed by atoms with Gasteiger partial charge >= 0.3 is 5.97 Å². The third-order valence-corrected chi connectivity index (χ3v) is 8.89. The summed E-state index contributed by atoms with van der Waals surface area (Å²) < 4.78 is 37.1. The number of nitrogens with one attached hydrogen (secondary N) is 2. The van der Waals surface area contributed by atoms with Crippen molar-refractivity contribution in [1.82, 2.24) is 10.6 Å². The van der Waals surface area contributed by atoms with E-state index in [1.165, 1.54) is 31.2 Å². The Kier molecular flexibility index (Phi) is 12.4. The summed E-state index contributed by atoms with van der Waals surface area (Å²) in [5.74, 6) is -1.26. The van der Waals surface area contributed by atoms with Gasteiger partial charge in [0.25, 0.3) is 0 Å². The van der Waals surface area contributed by atoms with E-state index in [2.05, 4.69) is 23.6 Å². The second-order valence-corrected chi connectivity index (χ2v) is 13.0. The quantitative estimate of drug-likeness (QED) is 0.0868. The van der Waals surface area contributed by atoms with Crippen molar-refractivity contribution in [2.75, 3.05) is 12.3 Å². The van der Waals surface area contributed by atoms with Crippen LogP contribution in [0.15, 0.2) is 54.2 Å². The molecule has 0 saturated carbocycles. The number of benzene rings is 1. The van der Waals surface area contributed by atoms with Crippen LogP contribution in [0.1, 0.15) is 65.9 Å². The lowest BCUT2D eigenvalue weighted by molar-refractivity contribution is -0.145. The van der Waals surface area contributed by atoms with Gasteiger partial charge in [-0.3, -0.25) is 14.4 Å². The summed E-state index contributed by atoms with van der Waals surface area (Å²) in [6.45, 7) is 9.42. The number of rotatable bonds is 12. The fraction of sp³-hybridized carbons (Fsp3) is 0.571. The molecule has 2 amide bonds. The summed E-state index contributed by atoms with van der Waals surface area (Å²) >= 11 is 0. The highest BCUT2D eigenvalue weighted by Gasteiger charge is 2.58. The minimum absolute atomic E-state index is 0.0301. The Balaban J connectivity index is 1.26. The minimum Gasteiger partial charge on any atom is -0.459 e. The molecular formula is C35H48FN3O8. The monoisotopic (exact) mass is 657 g/mol. The Labute approximate surface area is 275 Å². The second kappa shape index (κ2) is 16.0. The number of carbonyl (C=O) groups excluding carboxylic acids is 3. The Morgan fingerprint density at radius 3 is 2.64 bits per heavy atom. The van der Waals surface area contributed by atoms with Gasteiger partial charge in [-0.05, 0) is 57.7 Å². The van der Waals surface area contributed by atoms with E-state index in [4.69, 9.17) is 24.7 Å². The zero-order valence-corrected chi connectivity index (χ0v) is 27.7. The highest BCUT2D eigenvalue weighted by Crippen LogP contribution is 2.43. The predicted molar refractivity (Wildman–Crippen MR) is 173 cm³/mol. The third kappa shape index (κ3) is 10.5. The maximum Gasteiger partial charge on any atom is 0.303 e. The molecule has 258 valence electrons. The first kappa shape index (κ1) is 36.3. The average Bonchev–Trinajstić information content (AvgIpc) is 3.77. The van der Waals surface area contributed by atoms with Crippen LogP contribution in [0.3, 0.4) is 0 Å². The van der Waals surface area contributed by atoms with Crippen molar-refractivity contribution >= 4 is 23.5 Å². The SMILES string of the molecule is CC(=O)O[C@@H](C)/C=C\C(=O)N[C@@H]1C[C@H](C)[C@H](C/C=C(C)/C=C/[C@H]2O[C@H](CC(=O)NCc3ccc(N)cc3F)CC3(CO3)[C@@H]2O)O[C@@H]1C. The molecule has 0 bridgehead atoms. The molecule has 3 heterocycles. The fourth-order valence-electron chi connectivity index (χ4n) is 6.07. The van der Waals surface area contributed by atoms with Gasteiger partial charge in [0, 0.05) is 37.2 Å². The maximum absolute atomic E-state index is 14.1. The lowest BCUT2D eigenvalue weighted by atomic mass is 9.87. The average molecular weight is 658 g/mol. The number of nitrogen functional groups attached to an aromatic ring is 1. The lowest BCUT2D eigenvalue weighted by Gasteiger charge is -2.39. The van der Waals surface area contributed by atoms with E-state index in [0.717, 1.165) is 12.0 Å². The van der Waals surface area contributed by atoms with Crippen molar-refractivity contribution in [2.45, 2.75) is 115 Å². The van der Waals surface area contributed by atoms with E-state index < -0.39 is 41.8 Å². The number of aliphatic hydroxyl groups excluding tert-OH is 1. The number of carbonyl (C=O) groups is 3. The van der Waals surface area contributed by atoms with E-state index >= 15 is 0 Å². The van der Waals surface area contributed by atoms with Crippen LogP contribution in [0.25, 0.3) is 0 Å². The number of allylic oxidation sites excluding steroid dienone is 2. The molecule has 1 unspecified atom stereocenters. The molecule has 47 heavy (non-hydrogen) atoms. The summed E-state index contributed by atoms with van der Waals surface area (Å²) in [4.78, 5) is 36.1. The molecule has 3 saturated heterocycles. The number of amides is 2. The van der Waals surface area contributed by atoms with Crippen LogP contribution in [-0.4, -0.2) is 77.8 Å². The molecule has 0 aromatic heterocycles. The van der Waals surface area contributed by atoms with E-state index in [1.54, 1.807) is 19.1 Å². The van der Waals surface area contributed by atoms with Crippen molar-refractivity contribution < 1.29 is 42.8 Å². The smallest absolute Gasteiger partial charge is 0.303 e. The molecule has 0 aliphatic carbocycles. The van der Waals surface area contributed by atoms with E-state index in [0.29, 0.717) is 30.7 Å². The van der Waals surface area contributed by atoms with Crippen LogP contribution in [0, 0.1) is 11.7 Å². The standard InChI is InChI=1S/C35H48FN3O8/c1-20(6-11-30-21(2)14-29(23(4)46-30)39-32(41)13-8-22(3)45-24(5)40)7-12-31-34(43)35(19-44-35)17-27(47-31)16-33(42)38-18-25-9-10-26(37)15-28(25)36/h6-10,12-13,15,21-23,27,29-31,34,43H,11,14,16-19,37H2,1-5H3,(H,38,42)(H,39,41)/b12-7+,13-8-,20-6+/t21-,22-,23+,27+,29+,30-,31+,34+,35?/m0/s1. The molecule has 11 nitrogen and oxygen atoms in total. The first-order chi connectivity index (χ1) is 22.2. The highest BCUT2D eigenvalue weighted by molar-refractivity contribution is 5.87. The van der Waals surface area contributed by atoms with Crippen molar-refractivity contribution in [1.29, 1.82) is 0 Å². The van der Waals surface area contributed by atoms with Gasteiger partial charge in [0.15, 0.2) is 0 Å². The molecule has 3 fully saturated rings. The molecule has 4 rings (SSSR count). The number of hydrogen-bond donors (Lipinski definition) is 4. The second-order valence-electron chi connectivity index (χ2n) is 13.0. The number of hydrogen-bond acceptors (Lipinski definition) is 9. The molecule has 0 radical (unpaired) electrons. The molecule has 5 N–H and O–H groups in total. The molecule has 1 spiro atoms. The van der Waals surface area contributed by atoms with Gasteiger partial charge in [-0.1, -0.05) is 36.8 Å². The number of ether oxygens (including phenoxy) is 4. The van der Waals surface area contributed by atoms with E-state index in [9.17, 15) is 23.9 Å². The molecule has 3 aliphatic heterocycles. The van der Waals surface area contributed by atoms with Gasteiger partial charge in [0.1, 0.15) is 29.7 Å². The summed E-state index contributed by atoms with van der Waals surface area (Å²) in [5, 5.41) is 16.7. The van der Waals surface area contributed by atoms with E-state index in [-0.39, 0.29) is 48.9 Å². The van der Waals surface area contributed by atoms with Gasteiger partial charge in [0.2, 0.25) is 11.8 Å². The Hall–Kier alpha value is -3.58.